The van der Waals surface area contributed by atoms with E-state index in [2.05, 4.69) is 48.5 Å². The molecule has 0 aliphatic carbocycles. The van der Waals surface area contributed by atoms with Crippen LogP contribution in [0, 0.1) is 9.39 Å². The Morgan fingerprint density at radius 1 is 1.13 bits per heavy atom. The SMILES string of the molecule is Fc1c(Br)ncnc1-c1ccc(I)cc1. The topological polar surface area (TPSA) is 25.8 Å². The van der Waals surface area contributed by atoms with Crippen molar-refractivity contribution in [2.75, 3.05) is 0 Å². The minimum absolute atomic E-state index is 0.186. The maximum absolute atomic E-state index is 13.6. The third-order valence-electron chi connectivity index (χ3n) is 1.86. The van der Waals surface area contributed by atoms with E-state index in [9.17, 15) is 4.39 Å². The van der Waals surface area contributed by atoms with E-state index in [0.29, 0.717) is 5.69 Å². The number of hydrogen-bond acceptors (Lipinski definition) is 2. The zero-order chi connectivity index (χ0) is 10.8. The number of nitrogens with zero attached hydrogens (tertiary/aromatic N) is 2. The molecule has 1 aromatic carbocycles. The smallest absolute Gasteiger partial charge is 0.182 e. The molecule has 0 saturated heterocycles. The van der Waals surface area contributed by atoms with Crippen LogP contribution in [-0.2, 0) is 0 Å². The zero-order valence-electron chi connectivity index (χ0n) is 7.42. The van der Waals surface area contributed by atoms with Crippen LogP contribution in [0.4, 0.5) is 4.39 Å². The molecule has 0 aliphatic heterocycles. The fourth-order valence-corrected chi connectivity index (χ4v) is 1.80. The maximum Gasteiger partial charge on any atom is 0.182 e. The quantitative estimate of drug-likeness (QED) is 0.559. The molecule has 2 aromatic rings. The predicted molar refractivity (Wildman–Crippen MR) is 67.8 cm³/mol. The van der Waals surface area contributed by atoms with Gasteiger partial charge in [0.05, 0.1) is 0 Å². The number of benzene rings is 1. The van der Waals surface area contributed by atoms with E-state index in [1.54, 1.807) is 0 Å². The van der Waals surface area contributed by atoms with Crippen molar-refractivity contribution >= 4 is 38.5 Å². The standard InChI is InChI=1S/C10H5BrFIN2/c11-10-8(12)9(14-5-15-10)6-1-3-7(13)4-2-6/h1-5H. The van der Waals surface area contributed by atoms with Gasteiger partial charge in [-0.05, 0) is 50.7 Å². The highest BCUT2D eigenvalue weighted by molar-refractivity contribution is 14.1. The van der Waals surface area contributed by atoms with Gasteiger partial charge in [0.1, 0.15) is 16.6 Å². The number of aromatic nitrogens is 2. The van der Waals surface area contributed by atoms with Gasteiger partial charge in [0.25, 0.3) is 0 Å². The summed E-state index contributed by atoms with van der Waals surface area (Å²) >= 11 is 5.23. The normalized spacial score (nSPS) is 10.3. The molecule has 0 atom stereocenters. The Balaban J connectivity index is 2.54. The highest BCUT2D eigenvalue weighted by Crippen LogP contribution is 2.24. The monoisotopic (exact) mass is 378 g/mol. The van der Waals surface area contributed by atoms with Crippen molar-refractivity contribution in [3.05, 3.63) is 44.6 Å². The third-order valence-corrected chi connectivity index (χ3v) is 3.14. The van der Waals surface area contributed by atoms with Gasteiger partial charge in [-0.3, -0.25) is 0 Å². The summed E-state index contributed by atoms with van der Waals surface area (Å²) in [6.07, 6.45) is 1.33. The minimum atomic E-state index is -0.432. The van der Waals surface area contributed by atoms with Crippen LogP contribution in [0.2, 0.25) is 0 Å². The Morgan fingerprint density at radius 3 is 2.47 bits per heavy atom. The number of halogens is 3. The van der Waals surface area contributed by atoms with E-state index in [1.807, 2.05) is 24.3 Å². The van der Waals surface area contributed by atoms with Crippen molar-refractivity contribution in [2.24, 2.45) is 0 Å². The minimum Gasteiger partial charge on any atom is -0.233 e. The lowest BCUT2D eigenvalue weighted by Gasteiger charge is -2.02. The van der Waals surface area contributed by atoms with Gasteiger partial charge in [-0.1, -0.05) is 12.1 Å². The van der Waals surface area contributed by atoms with Gasteiger partial charge in [-0.2, -0.15) is 0 Å². The molecule has 0 saturated carbocycles. The van der Waals surface area contributed by atoms with E-state index < -0.39 is 5.82 Å². The highest BCUT2D eigenvalue weighted by atomic mass is 127. The second-order valence-corrected chi connectivity index (χ2v) is 4.83. The van der Waals surface area contributed by atoms with Gasteiger partial charge in [0.15, 0.2) is 5.82 Å². The Kier molecular flexibility index (Phi) is 3.30. The summed E-state index contributed by atoms with van der Waals surface area (Å²) < 4.78 is 14.9. The van der Waals surface area contributed by atoms with Crippen molar-refractivity contribution in [1.29, 1.82) is 0 Å². The lowest BCUT2D eigenvalue weighted by molar-refractivity contribution is 0.609. The van der Waals surface area contributed by atoms with Crippen LogP contribution in [0.3, 0.4) is 0 Å². The first-order valence-corrected chi connectivity index (χ1v) is 5.97. The van der Waals surface area contributed by atoms with E-state index in [4.69, 9.17) is 0 Å². The summed E-state index contributed by atoms with van der Waals surface area (Å²) in [5.74, 6) is -0.432. The van der Waals surface area contributed by atoms with E-state index in [1.165, 1.54) is 6.33 Å². The average Bonchev–Trinajstić information content (AvgIpc) is 2.24. The maximum atomic E-state index is 13.6. The Labute approximate surface area is 108 Å². The van der Waals surface area contributed by atoms with Crippen LogP contribution in [0.5, 0.6) is 0 Å². The number of rotatable bonds is 1. The molecule has 1 aromatic heterocycles. The van der Waals surface area contributed by atoms with Gasteiger partial charge >= 0.3 is 0 Å². The molecule has 0 bridgehead atoms. The summed E-state index contributed by atoms with van der Waals surface area (Å²) in [6, 6.07) is 7.48. The van der Waals surface area contributed by atoms with E-state index in [-0.39, 0.29) is 4.60 Å². The fraction of sp³-hybridized carbons (Fsp3) is 0. The van der Waals surface area contributed by atoms with Crippen LogP contribution in [0.1, 0.15) is 0 Å². The van der Waals surface area contributed by atoms with Crippen molar-refractivity contribution in [1.82, 2.24) is 9.97 Å². The molecule has 5 heteroatoms. The van der Waals surface area contributed by atoms with Crippen LogP contribution >= 0.6 is 38.5 Å². The Hall–Kier alpha value is -0.560. The molecule has 2 rings (SSSR count). The first-order valence-electron chi connectivity index (χ1n) is 4.10. The van der Waals surface area contributed by atoms with Gasteiger partial charge in [0, 0.05) is 9.13 Å². The molecule has 76 valence electrons. The Morgan fingerprint density at radius 2 is 1.80 bits per heavy atom. The first-order chi connectivity index (χ1) is 7.18. The summed E-state index contributed by atoms with van der Waals surface area (Å²) in [4.78, 5) is 7.63. The molecule has 0 unspecified atom stereocenters. The summed E-state index contributed by atoms with van der Waals surface area (Å²) in [5.41, 5.74) is 1.06. The molecule has 15 heavy (non-hydrogen) atoms. The molecule has 0 fully saturated rings. The first kappa shape index (κ1) is 10.9. The summed E-state index contributed by atoms with van der Waals surface area (Å²) in [5, 5.41) is 0. The molecule has 1 heterocycles. The van der Waals surface area contributed by atoms with Crippen molar-refractivity contribution in [3.8, 4) is 11.3 Å². The van der Waals surface area contributed by atoms with Crippen LogP contribution in [-0.4, -0.2) is 9.97 Å². The second-order valence-electron chi connectivity index (χ2n) is 2.83. The fourth-order valence-electron chi connectivity index (χ4n) is 1.16. The lowest BCUT2D eigenvalue weighted by atomic mass is 10.1. The molecule has 0 spiro atoms. The van der Waals surface area contributed by atoms with Gasteiger partial charge in [-0.15, -0.1) is 0 Å². The zero-order valence-corrected chi connectivity index (χ0v) is 11.2. The van der Waals surface area contributed by atoms with Crippen LogP contribution in [0.25, 0.3) is 11.3 Å². The molecular weight excluding hydrogens is 374 g/mol. The number of hydrogen-bond donors (Lipinski definition) is 0. The van der Waals surface area contributed by atoms with Gasteiger partial charge < -0.3 is 0 Å². The Bertz CT molecular complexity index is 487. The second kappa shape index (κ2) is 4.52. The summed E-state index contributed by atoms with van der Waals surface area (Å²) in [6.45, 7) is 0. The third kappa shape index (κ3) is 2.34. The van der Waals surface area contributed by atoms with E-state index >= 15 is 0 Å². The molecule has 0 aliphatic rings. The average molecular weight is 379 g/mol. The van der Waals surface area contributed by atoms with Gasteiger partial charge in [-0.25, -0.2) is 14.4 Å². The molecule has 2 nitrogen and oxygen atoms in total. The van der Waals surface area contributed by atoms with Crippen LogP contribution in [0.15, 0.2) is 35.2 Å². The largest absolute Gasteiger partial charge is 0.233 e. The predicted octanol–water partition coefficient (Wildman–Crippen LogP) is 3.65. The van der Waals surface area contributed by atoms with Crippen molar-refractivity contribution < 1.29 is 4.39 Å². The lowest BCUT2D eigenvalue weighted by Crippen LogP contribution is -1.92. The highest BCUT2D eigenvalue weighted by Gasteiger charge is 2.10. The van der Waals surface area contributed by atoms with Crippen molar-refractivity contribution in [2.45, 2.75) is 0 Å². The van der Waals surface area contributed by atoms with Crippen molar-refractivity contribution in [3.63, 3.8) is 0 Å². The molecule has 0 amide bonds. The summed E-state index contributed by atoms with van der Waals surface area (Å²) in [7, 11) is 0. The molecular formula is C10H5BrFIN2. The molecule has 0 radical (unpaired) electrons. The van der Waals surface area contributed by atoms with E-state index in [0.717, 1.165) is 9.13 Å². The van der Waals surface area contributed by atoms with Gasteiger partial charge in [0.2, 0.25) is 0 Å². The van der Waals surface area contributed by atoms with Crippen LogP contribution < -0.4 is 0 Å². The molecule has 0 N–H and O–H groups in total.